The Kier molecular flexibility index (Phi) is 3.58. The van der Waals surface area contributed by atoms with Crippen LogP contribution < -0.4 is 4.74 Å². The van der Waals surface area contributed by atoms with Gasteiger partial charge in [0.05, 0.1) is 5.02 Å². The van der Waals surface area contributed by atoms with Gasteiger partial charge in [-0.3, -0.25) is 4.79 Å². The third kappa shape index (κ3) is 2.85. The summed E-state index contributed by atoms with van der Waals surface area (Å²) >= 11 is 9.39. The van der Waals surface area contributed by atoms with E-state index in [0.29, 0.717) is 16.1 Å². The van der Waals surface area contributed by atoms with Crippen LogP contribution in [0.5, 0.6) is 5.75 Å². The molecule has 1 aliphatic rings. The van der Waals surface area contributed by atoms with Gasteiger partial charge >= 0.3 is 0 Å². The van der Waals surface area contributed by atoms with Crippen molar-refractivity contribution in [3.05, 3.63) is 62.6 Å². The molecule has 2 nitrogen and oxygen atoms in total. The number of fused-ring (bicyclic) bond motifs is 1. The highest BCUT2D eigenvalue weighted by atomic mass is 79.9. The van der Waals surface area contributed by atoms with Crippen molar-refractivity contribution in [1.29, 1.82) is 0 Å². The van der Waals surface area contributed by atoms with E-state index < -0.39 is 0 Å². The molecule has 0 amide bonds. The summed E-state index contributed by atoms with van der Waals surface area (Å²) in [5.74, 6) is 0.835. The third-order valence-electron chi connectivity index (χ3n) is 3.51. The molecule has 21 heavy (non-hydrogen) atoms. The Labute approximate surface area is 137 Å². The van der Waals surface area contributed by atoms with Gasteiger partial charge in [0.15, 0.2) is 5.78 Å². The van der Waals surface area contributed by atoms with E-state index in [-0.39, 0.29) is 11.4 Å². The fraction of sp³-hybridized carbons (Fsp3) is 0.235. The highest BCUT2D eigenvalue weighted by molar-refractivity contribution is 9.10. The fourth-order valence-corrected chi connectivity index (χ4v) is 2.98. The van der Waals surface area contributed by atoms with Crippen molar-refractivity contribution in [2.75, 3.05) is 0 Å². The molecular formula is C17H14BrClO2. The fourth-order valence-electron chi connectivity index (χ4n) is 2.55. The van der Waals surface area contributed by atoms with E-state index >= 15 is 0 Å². The molecule has 0 saturated carbocycles. The number of ketones is 1. The van der Waals surface area contributed by atoms with E-state index in [4.69, 9.17) is 16.3 Å². The van der Waals surface area contributed by atoms with Gasteiger partial charge in [0.2, 0.25) is 0 Å². The first-order valence-corrected chi connectivity index (χ1v) is 7.84. The van der Waals surface area contributed by atoms with Crippen LogP contribution in [0.2, 0.25) is 5.02 Å². The van der Waals surface area contributed by atoms with Crippen molar-refractivity contribution in [3.63, 3.8) is 0 Å². The zero-order valence-electron chi connectivity index (χ0n) is 11.7. The van der Waals surface area contributed by atoms with Crippen molar-refractivity contribution >= 4 is 33.3 Å². The number of hydrogen-bond acceptors (Lipinski definition) is 2. The normalized spacial score (nSPS) is 15.4. The Morgan fingerprint density at radius 3 is 2.57 bits per heavy atom. The summed E-state index contributed by atoms with van der Waals surface area (Å²) in [5.41, 5.74) is 2.12. The third-order valence-corrected chi connectivity index (χ3v) is 4.74. The molecule has 2 aromatic rings. The van der Waals surface area contributed by atoms with Crippen molar-refractivity contribution in [2.45, 2.75) is 25.9 Å². The molecule has 1 aliphatic heterocycles. The first-order valence-electron chi connectivity index (χ1n) is 6.67. The van der Waals surface area contributed by atoms with Gasteiger partial charge < -0.3 is 4.74 Å². The predicted octanol–water partition coefficient (Wildman–Crippen LogP) is 5.05. The van der Waals surface area contributed by atoms with E-state index in [1.54, 1.807) is 24.3 Å². The van der Waals surface area contributed by atoms with Gasteiger partial charge in [-0.05, 0) is 71.7 Å². The Morgan fingerprint density at radius 1 is 1.19 bits per heavy atom. The molecule has 3 rings (SSSR count). The molecule has 0 aromatic heterocycles. The van der Waals surface area contributed by atoms with Gasteiger partial charge in [0, 0.05) is 22.0 Å². The quantitative estimate of drug-likeness (QED) is 0.696. The van der Waals surface area contributed by atoms with Gasteiger partial charge in [-0.1, -0.05) is 11.6 Å². The summed E-state index contributed by atoms with van der Waals surface area (Å²) in [4.78, 5) is 12.6. The lowest BCUT2D eigenvalue weighted by Gasteiger charge is -2.16. The minimum Gasteiger partial charge on any atom is -0.487 e. The van der Waals surface area contributed by atoms with Gasteiger partial charge in [-0.15, -0.1) is 0 Å². The van der Waals surface area contributed by atoms with Crippen molar-refractivity contribution in [3.8, 4) is 5.75 Å². The summed E-state index contributed by atoms with van der Waals surface area (Å²) in [6, 6.07) is 10.8. The maximum absolute atomic E-state index is 12.6. The number of hydrogen-bond donors (Lipinski definition) is 0. The molecule has 0 bridgehead atoms. The maximum Gasteiger partial charge on any atom is 0.193 e. The second-order valence-electron chi connectivity index (χ2n) is 5.82. The minimum absolute atomic E-state index is 0.0306. The van der Waals surface area contributed by atoms with Crippen LogP contribution in [0.3, 0.4) is 0 Å². The van der Waals surface area contributed by atoms with E-state index in [2.05, 4.69) is 15.9 Å². The van der Waals surface area contributed by atoms with Gasteiger partial charge in [0.1, 0.15) is 11.4 Å². The molecular weight excluding hydrogens is 352 g/mol. The monoisotopic (exact) mass is 364 g/mol. The van der Waals surface area contributed by atoms with Crippen LogP contribution in [0.4, 0.5) is 0 Å². The molecule has 1 heterocycles. The molecule has 0 aliphatic carbocycles. The topological polar surface area (TPSA) is 26.3 Å². The average molecular weight is 366 g/mol. The highest BCUT2D eigenvalue weighted by Crippen LogP contribution is 2.35. The first-order chi connectivity index (χ1) is 9.85. The summed E-state index contributed by atoms with van der Waals surface area (Å²) < 4.78 is 6.61. The largest absolute Gasteiger partial charge is 0.487 e. The van der Waals surface area contributed by atoms with Crippen LogP contribution in [0, 0.1) is 0 Å². The number of carbonyl (C=O) groups is 1. The number of rotatable bonds is 2. The Hall–Kier alpha value is -1.32. The molecule has 0 atom stereocenters. The van der Waals surface area contributed by atoms with Gasteiger partial charge in [0.25, 0.3) is 0 Å². The minimum atomic E-state index is -0.203. The molecule has 108 valence electrons. The average Bonchev–Trinajstić information content (AvgIpc) is 2.73. The number of halogens is 2. The second-order valence-corrected chi connectivity index (χ2v) is 7.08. The molecule has 2 aromatic carbocycles. The standard InChI is InChI=1S/C17H14BrClO2/c1-17(2)9-12-7-10(4-6-15(12)21-17)16(20)11-3-5-13(18)14(19)8-11/h3-8H,9H2,1-2H3. The molecule has 0 saturated heterocycles. The zero-order valence-corrected chi connectivity index (χ0v) is 14.1. The van der Waals surface area contributed by atoms with E-state index in [1.165, 1.54) is 0 Å². The Balaban J connectivity index is 1.95. The van der Waals surface area contributed by atoms with Crippen LogP contribution in [0.25, 0.3) is 0 Å². The van der Waals surface area contributed by atoms with E-state index in [9.17, 15) is 4.79 Å². The van der Waals surface area contributed by atoms with Crippen LogP contribution in [0.1, 0.15) is 35.3 Å². The second kappa shape index (κ2) is 5.15. The van der Waals surface area contributed by atoms with Gasteiger partial charge in [-0.25, -0.2) is 0 Å². The summed E-state index contributed by atoms with van der Waals surface area (Å²) in [6.07, 6.45) is 0.810. The number of benzene rings is 2. The molecule has 0 radical (unpaired) electrons. The predicted molar refractivity (Wildman–Crippen MR) is 87.4 cm³/mol. The number of ether oxygens (including phenoxy) is 1. The molecule has 4 heteroatoms. The van der Waals surface area contributed by atoms with E-state index in [0.717, 1.165) is 22.2 Å². The summed E-state index contributed by atoms with van der Waals surface area (Å²) in [7, 11) is 0. The summed E-state index contributed by atoms with van der Waals surface area (Å²) in [5, 5.41) is 0.534. The zero-order chi connectivity index (χ0) is 15.2. The molecule has 0 N–H and O–H groups in total. The SMILES string of the molecule is CC1(C)Cc2cc(C(=O)c3ccc(Br)c(Cl)c3)ccc2O1. The van der Waals surface area contributed by atoms with Gasteiger partial charge in [-0.2, -0.15) is 0 Å². The maximum atomic E-state index is 12.6. The Morgan fingerprint density at radius 2 is 1.86 bits per heavy atom. The molecule has 0 spiro atoms. The first kappa shape index (κ1) is 14.6. The lowest BCUT2D eigenvalue weighted by atomic mass is 9.97. The lowest BCUT2D eigenvalue weighted by molar-refractivity contribution is 0.103. The van der Waals surface area contributed by atoms with Crippen molar-refractivity contribution < 1.29 is 9.53 Å². The smallest absolute Gasteiger partial charge is 0.193 e. The number of carbonyl (C=O) groups excluding carboxylic acids is 1. The van der Waals surface area contributed by atoms with Crippen LogP contribution in [-0.4, -0.2) is 11.4 Å². The Bertz CT molecular complexity index is 738. The highest BCUT2D eigenvalue weighted by Gasteiger charge is 2.30. The van der Waals surface area contributed by atoms with Crippen LogP contribution in [0.15, 0.2) is 40.9 Å². The van der Waals surface area contributed by atoms with Crippen molar-refractivity contribution in [1.82, 2.24) is 0 Å². The van der Waals surface area contributed by atoms with Crippen LogP contribution in [-0.2, 0) is 6.42 Å². The van der Waals surface area contributed by atoms with Crippen LogP contribution >= 0.6 is 27.5 Å². The summed E-state index contributed by atoms with van der Waals surface area (Å²) in [6.45, 7) is 4.09. The van der Waals surface area contributed by atoms with E-state index in [1.807, 2.05) is 26.0 Å². The van der Waals surface area contributed by atoms with Crippen molar-refractivity contribution in [2.24, 2.45) is 0 Å². The molecule has 0 unspecified atom stereocenters. The lowest BCUT2D eigenvalue weighted by Crippen LogP contribution is -2.24. The molecule has 0 fully saturated rings.